The van der Waals surface area contributed by atoms with E-state index in [9.17, 15) is 23.7 Å². The van der Waals surface area contributed by atoms with Crippen molar-refractivity contribution in [3.63, 3.8) is 0 Å². The van der Waals surface area contributed by atoms with Gasteiger partial charge in [0.2, 0.25) is 0 Å². The second kappa shape index (κ2) is 9.10. The van der Waals surface area contributed by atoms with Crippen molar-refractivity contribution in [1.82, 2.24) is 5.32 Å². The average Bonchev–Trinajstić information content (AvgIpc) is 2.61. The van der Waals surface area contributed by atoms with Crippen LogP contribution in [0.25, 0.3) is 0 Å². The number of nitrogens with one attached hydrogen (secondary N) is 2. The van der Waals surface area contributed by atoms with Gasteiger partial charge in [-0.15, -0.1) is 0 Å². The number of nitro benzene ring substituents is 1. The van der Waals surface area contributed by atoms with Gasteiger partial charge < -0.3 is 10.6 Å². The third-order valence-electron chi connectivity index (χ3n) is 3.55. The highest BCUT2D eigenvalue weighted by Crippen LogP contribution is 2.20. The van der Waals surface area contributed by atoms with Crippen molar-refractivity contribution in [3.05, 3.63) is 68.7 Å². The molecule has 0 aliphatic carbocycles. The molecule has 6 nitrogen and oxygen atoms in total. The number of carbonyl (C=O) groups is 1. The highest BCUT2D eigenvalue weighted by Gasteiger charge is 2.14. The summed E-state index contributed by atoms with van der Waals surface area (Å²) in [5, 5.41) is 16.1. The summed E-state index contributed by atoms with van der Waals surface area (Å²) < 4.78 is 26.2. The number of amides is 1. The third-order valence-corrected chi connectivity index (χ3v) is 3.86. The lowest BCUT2D eigenvalue weighted by Crippen LogP contribution is -2.25. The van der Waals surface area contributed by atoms with Gasteiger partial charge in [-0.2, -0.15) is 0 Å². The van der Waals surface area contributed by atoms with Gasteiger partial charge in [0, 0.05) is 30.9 Å². The van der Waals surface area contributed by atoms with Crippen LogP contribution in [-0.2, 0) is 0 Å². The molecule has 2 aromatic rings. The number of carbonyl (C=O) groups excluding carboxylic acids is 1. The molecule has 1 amide bonds. The van der Waals surface area contributed by atoms with Crippen LogP contribution in [0, 0.1) is 21.7 Å². The Morgan fingerprint density at radius 3 is 2.35 bits per heavy atom. The molecular weight excluding hydrogens is 368 g/mol. The van der Waals surface area contributed by atoms with E-state index in [1.807, 2.05) is 0 Å². The first kappa shape index (κ1) is 19.6. The van der Waals surface area contributed by atoms with E-state index in [0.717, 1.165) is 24.2 Å². The molecule has 0 radical (unpaired) electrons. The van der Waals surface area contributed by atoms with E-state index in [1.165, 1.54) is 12.1 Å². The number of hydrogen-bond acceptors (Lipinski definition) is 4. The molecule has 0 aromatic heterocycles. The van der Waals surface area contributed by atoms with Crippen molar-refractivity contribution in [2.75, 3.05) is 18.4 Å². The van der Waals surface area contributed by atoms with Crippen LogP contribution >= 0.6 is 11.6 Å². The first-order chi connectivity index (χ1) is 12.4. The van der Waals surface area contributed by atoms with Gasteiger partial charge in [-0.25, -0.2) is 8.78 Å². The Labute approximate surface area is 153 Å². The van der Waals surface area contributed by atoms with Crippen molar-refractivity contribution < 1.29 is 18.5 Å². The summed E-state index contributed by atoms with van der Waals surface area (Å²) >= 11 is 5.74. The lowest BCUT2D eigenvalue weighted by molar-refractivity contribution is -0.384. The van der Waals surface area contributed by atoms with Crippen LogP contribution in [0.5, 0.6) is 0 Å². The molecule has 9 heteroatoms. The summed E-state index contributed by atoms with van der Waals surface area (Å²) in [7, 11) is 0. The maximum Gasteiger partial charge on any atom is 0.269 e. The molecule has 2 aromatic carbocycles. The number of rotatable bonds is 8. The molecule has 0 saturated heterocycles. The molecule has 0 atom stereocenters. The zero-order valence-corrected chi connectivity index (χ0v) is 14.4. The lowest BCUT2D eigenvalue weighted by atomic mass is 10.2. The average molecular weight is 384 g/mol. The standard InChI is InChI=1S/C17H16ClF2N3O3/c18-14-10-16(20)15(19)9-13(14)17(24)22-8-2-1-7-21-11-3-5-12(6-4-11)23(25)26/h3-6,9-10,21H,1-2,7-8H2,(H,22,24). The van der Waals surface area contributed by atoms with Crippen LogP contribution in [0.3, 0.4) is 0 Å². The fourth-order valence-corrected chi connectivity index (χ4v) is 2.41. The number of unbranched alkanes of at least 4 members (excludes halogenated alkanes) is 1. The second-order valence-corrected chi connectivity index (χ2v) is 5.85. The second-order valence-electron chi connectivity index (χ2n) is 5.44. The van der Waals surface area contributed by atoms with E-state index in [0.29, 0.717) is 19.5 Å². The molecule has 0 aliphatic heterocycles. The fraction of sp³-hybridized carbons (Fsp3) is 0.235. The molecule has 0 saturated carbocycles. The van der Waals surface area contributed by atoms with Crippen LogP contribution in [0.1, 0.15) is 23.2 Å². The van der Waals surface area contributed by atoms with E-state index in [4.69, 9.17) is 11.6 Å². The predicted octanol–water partition coefficient (Wildman–Crippen LogP) is 4.15. The highest BCUT2D eigenvalue weighted by atomic mass is 35.5. The van der Waals surface area contributed by atoms with Gasteiger partial charge in [0.15, 0.2) is 11.6 Å². The van der Waals surface area contributed by atoms with Gasteiger partial charge >= 0.3 is 0 Å². The molecule has 0 bridgehead atoms. The maximum absolute atomic E-state index is 13.2. The SMILES string of the molecule is O=C(NCCCCNc1ccc([N+](=O)[O-])cc1)c1cc(F)c(F)cc1Cl. The molecule has 0 aliphatic rings. The Morgan fingerprint density at radius 1 is 1.08 bits per heavy atom. The maximum atomic E-state index is 13.2. The molecule has 0 fully saturated rings. The van der Waals surface area contributed by atoms with E-state index < -0.39 is 22.5 Å². The van der Waals surface area contributed by atoms with Gasteiger partial charge in [-0.3, -0.25) is 14.9 Å². The van der Waals surface area contributed by atoms with Gasteiger partial charge in [0.25, 0.3) is 11.6 Å². The molecule has 2 rings (SSSR count). The van der Waals surface area contributed by atoms with Crippen LogP contribution in [0.2, 0.25) is 5.02 Å². The predicted molar refractivity (Wildman–Crippen MR) is 94.5 cm³/mol. The minimum Gasteiger partial charge on any atom is -0.385 e. The van der Waals surface area contributed by atoms with Gasteiger partial charge in [-0.05, 0) is 37.1 Å². The number of benzene rings is 2. The summed E-state index contributed by atoms with van der Waals surface area (Å²) in [6.07, 6.45) is 1.37. The van der Waals surface area contributed by atoms with E-state index >= 15 is 0 Å². The zero-order chi connectivity index (χ0) is 19.1. The van der Waals surface area contributed by atoms with Crippen molar-refractivity contribution in [2.24, 2.45) is 0 Å². The summed E-state index contributed by atoms with van der Waals surface area (Å²) in [6, 6.07) is 7.58. The first-order valence-electron chi connectivity index (χ1n) is 7.79. The smallest absolute Gasteiger partial charge is 0.269 e. The fourth-order valence-electron chi connectivity index (χ4n) is 2.18. The monoisotopic (exact) mass is 383 g/mol. The third kappa shape index (κ3) is 5.38. The molecule has 2 N–H and O–H groups in total. The minimum absolute atomic E-state index is 0.0224. The largest absolute Gasteiger partial charge is 0.385 e. The molecule has 0 heterocycles. The van der Waals surface area contributed by atoms with Crippen molar-refractivity contribution in [1.29, 1.82) is 0 Å². The molecular formula is C17H16ClF2N3O3. The topological polar surface area (TPSA) is 84.3 Å². The van der Waals surface area contributed by atoms with Gasteiger partial charge in [-0.1, -0.05) is 11.6 Å². The number of halogens is 3. The van der Waals surface area contributed by atoms with Crippen LogP contribution < -0.4 is 10.6 Å². The Bertz CT molecular complexity index is 801. The van der Waals surface area contributed by atoms with E-state index in [1.54, 1.807) is 12.1 Å². The van der Waals surface area contributed by atoms with E-state index in [2.05, 4.69) is 10.6 Å². The number of nitrogens with zero attached hydrogens (tertiary/aromatic N) is 1. The van der Waals surface area contributed by atoms with E-state index in [-0.39, 0.29) is 16.3 Å². The number of nitro groups is 1. The lowest BCUT2D eigenvalue weighted by Gasteiger charge is -2.08. The Kier molecular flexibility index (Phi) is 6.85. The quantitative estimate of drug-likeness (QED) is 0.310. The number of non-ortho nitro benzene ring substituents is 1. The molecule has 0 spiro atoms. The van der Waals surface area contributed by atoms with Crippen LogP contribution in [0.15, 0.2) is 36.4 Å². The first-order valence-corrected chi connectivity index (χ1v) is 8.17. The summed E-state index contributed by atoms with van der Waals surface area (Å²) in [6.45, 7) is 0.954. The zero-order valence-electron chi connectivity index (χ0n) is 13.6. The summed E-state index contributed by atoms with van der Waals surface area (Å²) in [5.41, 5.74) is 0.664. The van der Waals surface area contributed by atoms with Crippen molar-refractivity contribution in [3.8, 4) is 0 Å². The molecule has 138 valence electrons. The summed E-state index contributed by atoms with van der Waals surface area (Å²) in [5.74, 6) is -2.81. The highest BCUT2D eigenvalue weighted by molar-refractivity contribution is 6.33. The Morgan fingerprint density at radius 2 is 1.69 bits per heavy atom. The summed E-state index contributed by atoms with van der Waals surface area (Å²) in [4.78, 5) is 22.0. The number of anilines is 1. The Balaban J connectivity index is 1.70. The number of hydrogen-bond donors (Lipinski definition) is 2. The van der Waals surface area contributed by atoms with Crippen LogP contribution in [-0.4, -0.2) is 23.9 Å². The Hall–Kier alpha value is -2.74. The van der Waals surface area contributed by atoms with Crippen molar-refractivity contribution in [2.45, 2.75) is 12.8 Å². The molecule has 26 heavy (non-hydrogen) atoms. The minimum atomic E-state index is -1.13. The van der Waals surface area contributed by atoms with Gasteiger partial charge in [0.05, 0.1) is 15.5 Å². The normalized spacial score (nSPS) is 10.4. The van der Waals surface area contributed by atoms with Crippen LogP contribution in [0.4, 0.5) is 20.2 Å². The van der Waals surface area contributed by atoms with Crippen molar-refractivity contribution >= 4 is 28.9 Å². The molecule has 0 unspecified atom stereocenters. The van der Waals surface area contributed by atoms with Gasteiger partial charge in [0.1, 0.15) is 0 Å².